The highest BCUT2D eigenvalue weighted by Crippen LogP contribution is 2.16. The van der Waals surface area contributed by atoms with Crippen molar-refractivity contribution >= 4 is 5.91 Å². The van der Waals surface area contributed by atoms with Gasteiger partial charge in [0.25, 0.3) is 5.91 Å². The van der Waals surface area contributed by atoms with E-state index in [1.54, 1.807) is 0 Å². The lowest BCUT2D eigenvalue weighted by atomic mass is 9.94. The average Bonchev–Trinajstić information content (AvgIpc) is 2.37. The quantitative estimate of drug-likeness (QED) is 0.852. The summed E-state index contributed by atoms with van der Waals surface area (Å²) in [6.45, 7) is 1.28. The molecule has 0 saturated carbocycles. The number of hydrogen-bond acceptors (Lipinski definition) is 2. The Morgan fingerprint density at radius 1 is 1.50 bits per heavy atom. The largest absolute Gasteiger partial charge is 0.364 e. The van der Waals surface area contributed by atoms with Gasteiger partial charge >= 0.3 is 0 Å². The standard InChI is InChI=1S/C13H17FN2O2/c1-8(14)6-16-13(18)10-7-15-11-5-3-2-4-9(11)12(10)17/h7-8H,2-6H2,1H3,(H,15,17)(H,16,18). The van der Waals surface area contributed by atoms with Crippen LogP contribution in [0.4, 0.5) is 4.39 Å². The zero-order chi connectivity index (χ0) is 13.1. The summed E-state index contributed by atoms with van der Waals surface area (Å²) in [5.74, 6) is -0.505. The SMILES string of the molecule is CC(F)CNC(=O)c1c[nH]c2c(c1=O)CCCC2. The molecule has 1 heterocycles. The van der Waals surface area contributed by atoms with E-state index in [0.29, 0.717) is 12.0 Å². The molecule has 0 bridgehead atoms. The molecule has 5 heteroatoms. The van der Waals surface area contributed by atoms with E-state index in [9.17, 15) is 14.0 Å². The first kappa shape index (κ1) is 12.8. The van der Waals surface area contributed by atoms with Gasteiger partial charge in [0.15, 0.2) is 5.43 Å². The second-order valence-electron chi connectivity index (χ2n) is 4.69. The first-order valence-electron chi connectivity index (χ1n) is 6.25. The molecule has 0 radical (unpaired) electrons. The van der Waals surface area contributed by atoms with Gasteiger partial charge in [-0.1, -0.05) is 0 Å². The van der Waals surface area contributed by atoms with Crippen LogP contribution in [0, 0.1) is 0 Å². The number of amides is 1. The monoisotopic (exact) mass is 252 g/mol. The minimum absolute atomic E-state index is 0.0740. The highest BCUT2D eigenvalue weighted by atomic mass is 19.1. The van der Waals surface area contributed by atoms with Gasteiger partial charge in [-0.25, -0.2) is 4.39 Å². The molecule has 1 aliphatic rings. The Morgan fingerprint density at radius 2 is 2.22 bits per heavy atom. The van der Waals surface area contributed by atoms with Crippen LogP contribution in [-0.2, 0) is 12.8 Å². The summed E-state index contributed by atoms with van der Waals surface area (Å²) in [5, 5.41) is 2.41. The zero-order valence-electron chi connectivity index (χ0n) is 10.4. The van der Waals surface area contributed by atoms with Gasteiger partial charge in [0, 0.05) is 24.0 Å². The Morgan fingerprint density at radius 3 is 2.94 bits per heavy atom. The van der Waals surface area contributed by atoms with Gasteiger partial charge in [0.1, 0.15) is 11.7 Å². The fourth-order valence-electron chi connectivity index (χ4n) is 2.20. The van der Waals surface area contributed by atoms with Gasteiger partial charge in [-0.15, -0.1) is 0 Å². The number of alkyl halides is 1. The molecule has 2 rings (SSSR count). The van der Waals surface area contributed by atoms with Gasteiger partial charge in [-0.3, -0.25) is 9.59 Å². The number of nitrogens with one attached hydrogen (secondary N) is 2. The van der Waals surface area contributed by atoms with Crippen molar-refractivity contribution in [3.8, 4) is 0 Å². The fourth-order valence-corrected chi connectivity index (χ4v) is 2.20. The molecule has 98 valence electrons. The van der Waals surface area contributed by atoms with E-state index < -0.39 is 12.1 Å². The number of fused-ring (bicyclic) bond motifs is 1. The van der Waals surface area contributed by atoms with E-state index in [4.69, 9.17) is 0 Å². The third-order valence-corrected chi connectivity index (χ3v) is 3.17. The van der Waals surface area contributed by atoms with Crippen molar-refractivity contribution < 1.29 is 9.18 Å². The van der Waals surface area contributed by atoms with Gasteiger partial charge in [0.05, 0.1) is 0 Å². The van der Waals surface area contributed by atoms with Crippen LogP contribution in [0.1, 0.15) is 41.4 Å². The number of aryl methyl sites for hydroxylation is 1. The number of pyridine rings is 1. The smallest absolute Gasteiger partial charge is 0.256 e. The predicted molar refractivity (Wildman–Crippen MR) is 66.6 cm³/mol. The summed E-state index contributed by atoms with van der Waals surface area (Å²) >= 11 is 0. The number of rotatable bonds is 3. The molecule has 18 heavy (non-hydrogen) atoms. The number of aromatic amines is 1. The van der Waals surface area contributed by atoms with Crippen LogP contribution in [0.2, 0.25) is 0 Å². The number of carbonyl (C=O) groups is 1. The topological polar surface area (TPSA) is 62.0 Å². The van der Waals surface area contributed by atoms with Gasteiger partial charge in [0.2, 0.25) is 0 Å². The first-order chi connectivity index (χ1) is 8.59. The lowest BCUT2D eigenvalue weighted by Gasteiger charge is -2.15. The van der Waals surface area contributed by atoms with Crippen LogP contribution in [0.25, 0.3) is 0 Å². The normalized spacial score (nSPS) is 15.9. The van der Waals surface area contributed by atoms with Crippen LogP contribution in [0.15, 0.2) is 11.0 Å². The van der Waals surface area contributed by atoms with Gasteiger partial charge < -0.3 is 10.3 Å². The van der Waals surface area contributed by atoms with E-state index in [1.807, 2.05) is 0 Å². The number of aromatic nitrogens is 1. The molecule has 1 unspecified atom stereocenters. The fraction of sp³-hybridized carbons (Fsp3) is 0.538. The zero-order valence-corrected chi connectivity index (χ0v) is 10.4. The average molecular weight is 252 g/mol. The molecule has 0 aromatic carbocycles. The molecular formula is C13H17FN2O2. The Bertz CT molecular complexity index is 508. The van der Waals surface area contributed by atoms with Crippen LogP contribution < -0.4 is 10.7 Å². The van der Waals surface area contributed by atoms with E-state index in [-0.39, 0.29) is 17.5 Å². The highest BCUT2D eigenvalue weighted by molar-refractivity contribution is 5.94. The summed E-state index contributed by atoms with van der Waals surface area (Å²) < 4.78 is 12.7. The van der Waals surface area contributed by atoms with Crippen LogP contribution in [-0.4, -0.2) is 23.6 Å². The molecular weight excluding hydrogens is 235 g/mol. The lowest BCUT2D eigenvalue weighted by molar-refractivity contribution is 0.0942. The minimum Gasteiger partial charge on any atom is -0.364 e. The Hall–Kier alpha value is -1.65. The lowest BCUT2D eigenvalue weighted by Crippen LogP contribution is -2.34. The van der Waals surface area contributed by atoms with E-state index >= 15 is 0 Å². The maximum Gasteiger partial charge on any atom is 0.256 e. The molecule has 1 aliphatic carbocycles. The molecule has 1 aromatic rings. The van der Waals surface area contributed by atoms with Gasteiger partial charge in [-0.05, 0) is 32.6 Å². The molecule has 1 atom stereocenters. The van der Waals surface area contributed by atoms with Crippen molar-refractivity contribution in [2.24, 2.45) is 0 Å². The number of carbonyl (C=O) groups excluding carboxylic acids is 1. The number of halogens is 1. The third kappa shape index (κ3) is 2.60. The Balaban J connectivity index is 2.24. The van der Waals surface area contributed by atoms with Crippen molar-refractivity contribution in [1.29, 1.82) is 0 Å². The van der Waals surface area contributed by atoms with Crippen molar-refractivity contribution in [2.45, 2.75) is 38.8 Å². The van der Waals surface area contributed by atoms with Crippen molar-refractivity contribution in [3.63, 3.8) is 0 Å². The van der Waals surface area contributed by atoms with Crippen LogP contribution in [0.5, 0.6) is 0 Å². The van der Waals surface area contributed by atoms with Crippen molar-refractivity contribution in [3.05, 3.63) is 33.2 Å². The summed E-state index contributed by atoms with van der Waals surface area (Å²) in [5.41, 5.74) is 1.51. The maximum absolute atomic E-state index is 12.7. The summed E-state index contributed by atoms with van der Waals surface area (Å²) in [7, 11) is 0. The van der Waals surface area contributed by atoms with Crippen LogP contribution in [0.3, 0.4) is 0 Å². The predicted octanol–water partition coefficient (Wildman–Crippen LogP) is 1.34. The maximum atomic E-state index is 12.7. The third-order valence-electron chi connectivity index (χ3n) is 3.17. The van der Waals surface area contributed by atoms with Crippen molar-refractivity contribution in [1.82, 2.24) is 10.3 Å². The molecule has 4 nitrogen and oxygen atoms in total. The van der Waals surface area contributed by atoms with Gasteiger partial charge in [-0.2, -0.15) is 0 Å². The van der Waals surface area contributed by atoms with E-state index in [2.05, 4.69) is 10.3 Å². The minimum atomic E-state index is -1.12. The second-order valence-corrected chi connectivity index (χ2v) is 4.69. The Kier molecular flexibility index (Phi) is 3.79. The van der Waals surface area contributed by atoms with E-state index in [1.165, 1.54) is 13.1 Å². The molecule has 1 aromatic heterocycles. The molecule has 1 amide bonds. The highest BCUT2D eigenvalue weighted by Gasteiger charge is 2.19. The summed E-state index contributed by atoms with van der Waals surface area (Å²) in [6.07, 6.45) is 3.92. The molecule has 0 spiro atoms. The Labute approximate surface area is 105 Å². The number of H-pyrrole nitrogens is 1. The molecule has 0 fully saturated rings. The summed E-state index contributed by atoms with van der Waals surface area (Å²) in [6, 6.07) is 0. The summed E-state index contributed by atoms with van der Waals surface area (Å²) in [4.78, 5) is 26.9. The molecule has 2 N–H and O–H groups in total. The second kappa shape index (κ2) is 5.33. The molecule has 0 aliphatic heterocycles. The van der Waals surface area contributed by atoms with Crippen molar-refractivity contribution in [2.75, 3.05) is 6.54 Å². The molecule has 0 saturated heterocycles. The van der Waals surface area contributed by atoms with Crippen LogP contribution >= 0.6 is 0 Å². The first-order valence-corrected chi connectivity index (χ1v) is 6.25. The number of hydrogen-bond donors (Lipinski definition) is 2. The van der Waals surface area contributed by atoms with E-state index in [0.717, 1.165) is 25.0 Å².